The summed E-state index contributed by atoms with van der Waals surface area (Å²) >= 11 is 0. The summed E-state index contributed by atoms with van der Waals surface area (Å²) in [4.78, 5) is 4.83. The molecule has 34 heavy (non-hydrogen) atoms. The van der Waals surface area contributed by atoms with Crippen LogP contribution in [-0.4, -0.2) is 51.5 Å². The minimum Gasteiger partial charge on any atom is -0.399 e. The van der Waals surface area contributed by atoms with E-state index in [0.717, 1.165) is 23.9 Å². The molecule has 2 aromatic heterocycles. The van der Waals surface area contributed by atoms with Crippen molar-refractivity contribution in [1.82, 2.24) is 19.9 Å². The molecule has 0 bridgehead atoms. The third kappa shape index (κ3) is 3.44. The molecule has 4 heterocycles. The number of aromatic nitrogens is 4. The molecule has 0 N–H and O–H groups in total. The molecule has 1 aliphatic carbocycles. The fraction of sp³-hybridized carbons (Fsp3) is 0.560. The molecule has 0 amide bonds. The largest absolute Gasteiger partial charge is 0.494 e. The molecule has 2 saturated heterocycles. The molecule has 9 heteroatoms. The lowest BCUT2D eigenvalue weighted by Gasteiger charge is -2.32. The van der Waals surface area contributed by atoms with Crippen LogP contribution in [0.3, 0.4) is 0 Å². The van der Waals surface area contributed by atoms with Crippen molar-refractivity contribution in [2.45, 2.75) is 70.1 Å². The van der Waals surface area contributed by atoms with Crippen LogP contribution in [0.15, 0.2) is 41.2 Å². The molecule has 0 unspecified atom stereocenters. The van der Waals surface area contributed by atoms with E-state index in [1.807, 2.05) is 10.9 Å². The Balaban J connectivity index is 1.27. The van der Waals surface area contributed by atoms with Gasteiger partial charge in [0.2, 0.25) is 0 Å². The molecule has 0 spiro atoms. The third-order valence-corrected chi connectivity index (χ3v) is 8.16. The van der Waals surface area contributed by atoms with Crippen LogP contribution in [0.4, 0.5) is 0 Å². The smallest absolute Gasteiger partial charge is 0.399 e. The maximum absolute atomic E-state index is 6.23. The Morgan fingerprint density at radius 3 is 2.29 bits per heavy atom. The van der Waals surface area contributed by atoms with Gasteiger partial charge in [0, 0.05) is 6.20 Å². The lowest BCUT2D eigenvalue weighted by molar-refractivity contribution is -0.0286. The lowest BCUT2D eigenvalue weighted by Crippen LogP contribution is -2.41. The van der Waals surface area contributed by atoms with Crippen LogP contribution < -0.4 is 5.46 Å². The SMILES string of the molecule is CC1(C)OB(c2ccc([C@](C)(c3noc(-c4cnn(C5COC5)c4)n3)C3CC3)cc2)OC1(C)C. The molecule has 2 aliphatic heterocycles. The van der Waals surface area contributed by atoms with E-state index in [1.165, 1.54) is 5.56 Å². The fourth-order valence-corrected chi connectivity index (χ4v) is 4.75. The minimum atomic E-state index is -0.374. The van der Waals surface area contributed by atoms with Gasteiger partial charge in [-0.05, 0) is 64.4 Å². The Morgan fingerprint density at radius 2 is 1.71 bits per heavy atom. The van der Waals surface area contributed by atoms with Crippen LogP contribution in [0.5, 0.6) is 0 Å². The van der Waals surface area contributed by atoms with E-state index in [-0.39, 0.29) is 29.8 Å². The Kier molecular flexibility index (Phi) is 4.86. The third-order valence-electron chi connectivity index (χ3n) is 8.16. The summed E-state index contributed by atoms with van der Waals surface area (Å²) in [5.41, 5.74) is 1.97. The van der Waals surface area contributed by atoms with E-state index < -0.39 is 0 Å². The molecular weight excluding hydrogens is 431 g/mol. The van der Waals surface area contributed by atoms with Crippen molar-refractivity contribution >= 4 is 12.6 Å². The summed E-state index contributed by atoms with van der Waals surface area (Å²) in [6, 6.07) is 8.80. The van der Waals surface area contributed by atoms with Crippen molar-refractivity contribution in [3.8, 4) is 11.5 Å². The van der Waals surface area contributed by atoms with Crippen molar-refractivity contribution in [2.75, 3.05) is 13.2 Å². The second-order valence-corrected chi connectivity index (χ2v) is 11.0. The molecule has 1 atom stereocenters. The van der Waals surface area contributed by atoms with Gasteiger partial charge in [0.1, 0.15) is 0 Å². The molecule has 3 aromatic rings. The van der Waals surface area contributed by atoms with Gasteiger partial charge in [-0.1, -0.05) is 29.4 Å². The van der Waals surface area contributed by atoms with Crippen LogP contribution in [0.2, 0.25) is 0 Å². The van der Waals surface area contributed by atoms with Crippen molar-refractivity contribution in [2.24, 2.45) is 5.92 Å². The van der Waals surface area contributed by atoms with Gasteiger partial charge in [0.25, 0.3) is 5.89 Å². The fourth-order valence-electron chi connectivity index (χ4n) is 4.75. The van der Waals surface area contributed by atoms with Gasteiger partial charge in [-0.15, -0.1) is 0 Å². The summed E-state index contributed by atoms with van der Waals surface area (Å²) in [5.74, 6) is 1.70. The summed E-state index contributed by atoms with van der Waals surface area (Å²) in [5, 5.41) is 8.88. The van der Waals surface area contributed by atoms with Crippen molar-refractivity contribution < 1.29 is 18.6 Å². The standard InChI is InChI=1S/C25H31BN4O4/c1-23(2)24(3,4)34-26(33-23)19-10-8-18(9-11-19)25(5,17-6-7-17)22-28-21(32-29-22)16-12-27-30(13-16)20-14-31-15-20/h8-13,17,20H,6-7,14-15H2,1-5H3/t25-/m1/s1. The summed E-state index contributed by atoms with van der Waals surface area (Å²) < 4.78 is 25.3. The van der Waals surface area contributed by atoms with Gasteiger partial charge in [-0.25, -0.2) is 0 Å². The zero-order valence-corrected chi connectivity index (χ0v) is 20.4. The number of ether oxygens (including phenoxy) is 1. The highest BCUT2D eigenvalue weighted by Crippen LogP contribution is 2.50. The van der Waals surface area contributed by atoms with Gasteiger partial charge < -0.3 is 18.6 Å². The van der Waals surface area contributed by atoms with Crippen LogP contribution in [0.25, 0.3) is 11.5 Å². The molecule has 3 fully saturated rings. The van der Waals surface area contributed by atoms with E-state index in [9.17, 15) is 0 Å². The number of hydrogen-bond donors (Lipinski definition) is 0. The number of hydrogen-bond acceptors (Lipinski definition) is 7. The van der Waals surface area contributed by atoms with Gasteiger partial charge in [-0.2, -0.15) is 10.1 Å². The van der Waals surface area contributed by atoms with E-state index in [0.29, 0.717) is 30.8 Å². The van der Waals surface area contributed by atoms with Crippen LogP contribution in [-0.2, 0) is 19.5 Å². The average molecular weight is 462 g/mol. The molecule has 178 valence electrons. The van der Waals surface area contributed by atoms with E-state index >= 15 is 0 Å². The summed E-state index contributed by atoms with van der Waals surface area (Å²) in [6.45, 7) is 11.9. The predicted molar refractivity (Wildman–Crippen MR) is 127 cm³/mol. The number of nitrogens with zero attached hydrogens (tertiary/aromatic N) is 4. The first-order chi connectivity index (χ1) is 16.2. The molecular formula is C25H31BN4O4. The highest BCUT2D eigenvalue weighted by atomic mass is 16.7. The van der Waals surface area contributed by atoms with Gasteiger partial charge >= 0.3 is 7.12 Å². The Morgan fingerprint density at radius 1 is 1.03 bits per heavy atom. The highest BCUT2D eigenvalue weighted by Gasteiger charge is 2.52. The zero-order valence-electron chi connectivity index (χ0n) is 20.4. The van der Waals surface area contributed by atoms with E-state index in [4.69, 9.17) is 23.6 Å². The van der Waals surface area contributed by atoms with Crippen molar-refractivity contribution in [1.29, 1.82) is 0 Å². The van der Waals surface area contributed by atoms with Gasteiger partial charge in [0.05, 0.1) is 47.6 Å². The first-order valence-corrected chi connectivity index (χ1v) is 12.1. The molecule has 3 aliphatic rings. The molecule has 0 radical (unpaired) electrons. The lowest BCUT2D eigenvalue weighted by atomic mass is 9.73. The zero-order chi connectivity index (χ0) is 23.7. The Hall–Kier alpha value is -2.49. The van der Waals surface area contributed by atoms with Gasteiger partial charge in [0.15, 0.2) is 5.82 Å². The van der Waals surface area contributed by atoms with Crippen LogP contribution in [0.1, 0.15) is 64.9 Å². The molecule has 6 rings (SSSR count). The summed E-state index contributed by atoms with van der Waals surface area (Å²) in [7, 11) is -0.374. The van der Waals surface area contributed by atoms with Crippen LogP contribution >= 0.6 is 0 Å². The van der Waals surface area contributed by atoms with E-state index in [1.54, 1.807) is 6.20 Å². The average Bonchev–Trinajstić information content (AvgIpc) is 3.22. The maximum atomic E-state index is 6.23. The van der Waals surface area contributed by atoms with Gasteiger partial charge in [-0.3, -0.25) is 4.68 Å². The summed E-state index contributed by atoms with van der Waals surface area (Å²) in [6.07, 6.45) is 6.04. The number of benzene rings is 1. The quantitative estimate of drug-likeness (QED) is 0.519. The Bertz CT molecular complexity index is 1180. The number of rotatable bonds is 6. The second-order valence-electron chi connectivity index (χ2n) is 11.0. The molecule has 1 saturated carbocycles. The predicted octanol–water partition coefficient (Wildman–Crippen LogP) is 3.52. The minimum absolute atomic E-state index is 0.287. The van der Waals surface area contributed by atoms with E-state index in [2.05, 4.69) is 69.1 Å². The van der Waals surface area contributed by atoms with Crippen molar-refractivity contribution in [3.63, 3.8) is 0 Å². The first-order valence-electron chi connectivity index (χ1n) is 12.1. The molecule has 8 nitrogen and oxygen atoms in total. The first kappa shape index (κ1) is 22.0. The highest BCUT2D eigenvalue weighted by molar-refractivity contribution is 6.62. The second kappa shape index (κ2) is 7.50. The van der Waals surface area contributed by atoms with Crippen LogP contribution in [0, 0.1) is 5.92 Å². The molecule has 1 aromatic carbocycles. The maximum Gasteiger partial charge on any atom is 0.494 e. The normalized spacial score (nSPS) is 23.6. The topological polar surface area (TPSA) is 84.4 Å². The van der Waals surface area contributed by atoms with Crippen molar-refractivity contribution in [3.05, 3.63) is 48.0 Å². The Labute approximate surface area is 200 Å². The monoisotopic (exact) mass is 462 g/mol.